The first kappa shape index (κ1) is 17.5. The summed E-state index contributed by atoms with van der Waals surface area (Å²) in [7, 11) is 0. The molecular formula is C19H23ClN2O. The minimum atomic E-state index is -0.386. The van der Waals surface area contributed by atoms with Crippen LogP contribution in [0.3, 0.4) is 0 Å². The van der Waals surface area contributed by atoms with Gasteiger partial charge in [-0.15, -0.1) is 12.4 Å². The molecule has 1 heterocycles. The molecule has 1 aliphatic heterocycles. The number of likely N-dealkylation sites (tertiary alicyclic amines) is 1. The molecule has 23 heavy (non-hydrogen) atoms. The van der Waals surface area contributed by atoms with E-state index in [2.05, 4.69) is 36.1 Å². The van der Waals surface area contributed by atoms with Crippen LogP contribution in [0.2, 0.25) is 0 Å². The van der Waals surface area contributed by atoms with Crippen LogP contribution in [0.1, 0.15) is 35.2 Å². The molecule has 2 aromatic rings. The van der Waals surface area contributed by atoms with Gasteiger partial charge in [-0.05, 0) is 54.3 Å². The number of halogens is 1. The van der Waals surface area contributed by atoms with E-state index < -0.39 is 0 Å². The zero-order valence-corrected chi connectivity index (χ0v) is 14.2. The van der Waals surface area contributed by atoms with Crippen LogP contribution in [0.15, 0.2) is 48.5 Å². The quantitative estimate of drug-likeness (QED) is 0.929. The molecule has 4 heteroatoms. The lowest BCUT2D eigenvalue weighted by Gasteiger charge is -2.14. The van der Waals surface area contributed by atoms with Gasteiger partial charge in [0.1, 0.15) is 0 Å². The number of benzene rings is 2. The molecule has 3 nitrogen and oxygen atoms in total. The van der Waals surface area contributed by atoms with Gasteiger partial charge < -0.3 is 10.6 Å². The average molecular weight is 331 g/mol. The topological polar surface area (TPSA) is 46.3 Å². The summed E-state index contributed by atoms with van der Waals surface area (Å²) in [6.07, 6.45) is 1.25. The van der Waals surface area contributed by atoms with Gasteiger partial charge in [-0.3, -0.25) is 4.79 Å². The van der Waals surface area contributed by atoms with Crippen molar-refractivity contribution in [1.29, 1.82) is 0 Å². The number of hydrogen-bond donors (Lipinski definition) is 1. The van der Waals surface area contributed by atoms with Gasteiger partial charge in [0.15, 0.2) is 0 Å². The first-order valence-corrected chi connectivity index (χ1v) is 7.90. The number of primary amides is 1. The average Bonchev–Trinajstić information content (AvgIpc) is 3.04. The molecule has 122 valence electrons. The molecule has 0 spiro atoms. The van der Waals surface area contributed by atoms with Gasteiger partial charge in [-0.1, -0.05) is 43.3 Å². The Bertz CT molecular complexity index is 652. The lowest BCUT2D eigenvalue weighted by atomic mass is 9.95. The monoisotopic (exact) mass is 330 g/mol. The molecule has 1 amide bonds. The maximum absolute atomic E-state index is 11.1. The maximum atomic E-state index is 11.1. The lowest BCUT2D eigenvalue weighted by Crippen LogP contribution is -2.19. The standard InChI is InChI=1S/C19H22N2O.ClH/c1-2-21-12-11-18(13-21)16-5-3-14(4-6-16)15-7-9-17(10-8-15)19(20)22;/h3-10,18H,2,11-13H2,1H3,(H2,20,22);1H. The van der Waals surface area contributed by atoms with Crippen LogP contribution in [0.25, 0.3) is 11.1 Å². The van der Waals surface area contributed by atoms with Gasteiger partial charge in [0.25, 0.3) is 0 Å². The van der Waals surface area contributed by atoms with E-state index in [9.17, 15) is 4.79 Å². The maximum Gasteiger partial charge on any atom is 0.248 e. The molecular weight excluding hydrogens is 308 g/mol. The fraction of sp³-hybridized carbons (Fsp3) is 0.316. The third-order valence-electron chi connectivity index (χ3n) is 4.60. The third kappa shape index (κ3) is 3.92. The summed E-state index contributed by atoms with van der Waals surface area (Å²) in [5.74, 6) is 0.273. The summed E-state index contributed by atoms with van der Waals surface area (Å²) < 4.78 is 0. The fourth-order valence-corrected chi connectivity index (χ4v) is 3.17. The Balaban J connectivity index is 0.00000192. The van der Waals surface area contributed by atoms with Crippen LogP contribution in [0.4, 0.5) is 0 Å². The van der Waals surface area contributed by atoms with E-state index in [4.69, 9.17) is 5.73 Å². The summed E-state index contributed by atoms with van der Waals surface area (Å²) >= 11 is 0. The number of hydrogen-bond acceptors (Lipinski definition) is 2. The van der Waals surface area contributed by atoms with Crippen LogP contribution >= 0.6 is 12.4 Å². The van der Waals surface area contributed by atoms with E-state index in [0.29, 0.717) is 11.5 Å². The van der Waals surface area contributed by atoms with Gasteiger partial charge in [-0.2, -0.15) is 0 Å². The van der Waals surface area contributed by atoms with Crippen LogP contribution < -0.4 is 5.73 Å². The lowest BCUT2D eigenvalue weighted by molar-refractivity contribution is 0.100. The predicted octanol–water partition coefficient (Wildman–Crippen LogP) is 3.68. The normalized spacial score (nSPS) is 17.7. The first-order valence-electron chi connectivity index (χ1n) is 7.90. The fourth-order valence-electron chi connectivity index (χ4n) is 3.17. The van der Waals surface area contributed by atoms with E-state index in [0.717, 1.165) is 12.1 Å². The van der Waals surface area contributed by atoms with E-state index in [1.807, 2.05) is 12.1 Å². The summed E-state index contributed by atoms with van der Waals surface area (Å²) in [5.41, 5.74) is 9.52. The Morgan fingerprint density at radius 2 is 1.65 bits per heavy atom. The zero-order valence-electron chi connectivity index (χ0n) is 13.4. The van der Waals surface area contributed by atoms with Crippen molar-refractivity contribution in [2.75, 3.05) is 19.6 Å². The van der Waals surface area contributed by atoms with Crippen LogP contribution in [0.5, 0.6) is 0 Å². The van der Waals surface area contributed by atoms with Crippen molar-refractivity contribution in [3.8, 4) is 11.1 Å². The highest BCUT2D eigenvalue weighted by atomic mass is 35.5. The van der Waals surface area contributed by atoms with E-state index in [-0.39, 0.29) is 18.3 Å². The van der Waals surface area contributed by atoms with Crippen molar-refractivity contribution in [3.05, 3.63) is 59.7 Å². The van der Waals surface area contributed by atoms with Crippen molar-refractivity contribution in [2.45, 2.75) is 19.3 Å². The molecule has 2 N–H and O–H groups in total. The van der Waals surface area contributed by atoms with E-state index in [1.54, 1.807) is 12.1 Å². The minimum Gasteiger partial charge on any atom is -0.366 e. The Hall–Kier alpha value is -1.84. The molecule has 0 bridgehead atoms. The van der Waals surface area contributed by atoms with E-state index in [1.165, 1.54) is 30.6 Å². The van der Waals surface area contributed by atoms with E-state index >= 15 is 0 Å². The summed E-state index contributed by atoms with van der Waals surface area (Å²) in [6, 6.07) is 16.3. The summed E-state index contributed by atoms with van der Waals surface area (Å²) in [6.45, 7) is 5.74. The number of amides is 1. The van der Waals surface area contributed by atoms with Crippen molar-refractivity contribution < 1.29 is 4.79 Å². The second-order valence-electron chi connectivity index (χ2n) is 5.94. The molecule has 0 aromatic heterocycles. The molecule has 2 aromatic carbocycles. The smallest absolute Gasteiger partial charge is 0.248 e. The zero-order chi connectivity index (χ0) is 15.5. The molecule has 3 rings (SSSR count). The highest BCUT2D eigenvalue weighted by Gasteiger charge is 2.22. The van der Waals surface area contributed by atoms with Crippen molar-refractivity contribution in [1.82, 2.24) is 4.90 Å². The molecule has 1 atom stereocenters. The molecule has 1 aliphatic rings. The predicted molar refractivity (Wildman–Crippen MR) is 97.1 cm³/mol. The summed E-state index contributed by atoms with van der Waals surface area (Å²) in [5, 5.41) is 0. The molecule has 1 saturated heterocycles. The van der Waals surface area contributed by atoms with Crippen LogP contribution in [0, 0.1) is 0 Å². The SMILES string of the molecule is CCN1CCC(c2ccc(-c3ccc(C(N)=O)cc3)cc2)C1.Cl. The Morgan fingerprint density at radius 3 is 2.13 bits per heavy atom. The Labute approximate surface area is 143 Å². The van der Waals surface area contributed by atoms with Gasteiger partial charge in [0, 0.05) is 12.1 Å². The Kier molecular flexibility index (Phi) is 5.80. The van der Waals surface area contributed by atoms with Crippen LogP contribution in [-0.4, -0.2) is 30.4 Å². The van der Waals surface area contributed by atoms with Gasteiger partial charge in [0.2, 0.25) is 5.91 Å². The molecule has 0 radical (unpaired) electrons. The number of likely N-dealkylation sites (N-methyl/N-ethyl adjacent to an activating group) is 1. The number of carbonyl (C=O) groups excluding carboxylic acids is 1. The number of nitrogens with two attached hydrogens (primary N) is 1. The molecule has 1 fully saturated rings. The van der Waals surface area contributed by atoms with Crippen LogP contribution in [-0.2, 0) is 0 Å². The number of carbonyl (C=O) groups is 1. The highest BCUT2D eigenvalue weighted by molar-refractivity contribution is 5.93. The number of nitrogens with zero attached hydrogens (tertiary/aromatic N) is 1. The van der Waals surface area contributed by atoms with Crippen molar-refractivity contribution in [2.24, 2.45) is 5.73 Å². The number of rotatable bonds is 4. The molecule has 0 saturated carbocycles. The second kappa shape index (κ2) is 7.62. The minimum absolute atomic E-state index is 0. The van der Waals surface area contributed by atoms with Gasteiger partial charge in [0.05, 0.1) is 0 Å². The molecule has 1 unspecified atom stereocenters. The Morgan fingerprint density at radius 1 is 1.09 bits per heavy atom. The second-order valence-corrected chi connectivity index (χ2v) is 5.94. The highest BCUT2D eigenvalue weighted by Crippen LogP contribution is 2.29. The van der Waals surface area contributed by atoms with Gasteiger partial charge >= 0.3 is 0 Å². The van der Waals surface area contributed by atoms with Crippen molar-refractivity contribution in [3.63, 3.8) is 0 Å². The van der Waals surface area contributed by atoms with Crippen molar-refractivity contribution >= 4 is 18.3 Å². The first-order chi connectivity index (χ1) is 10.7. The van der Waals surface area contributed by atoms with Gasteiger partial charge in [-0.25, -0.2) is 0 Å². The molecule has 0 aliphatic carbocycles. The summed E-state index contributed by atoms with van der Waals surface area (Å²) in [4.78, 5) is 13.6. The third-order valence-corrected chi connectivity index (χ3v) is 4.60. The largest absolute Gasteiger partial charge is 0.366 e.